The second-order valence-corrected chi connectivity index (χ2v) is 8.31. The van der Waals surface area contributed by atoms with E-state index in [1.807, 2.05) is 29.0 Å². The number of carboxylic acid groups (broad SMARTS) is 1. The van der Waals surface area contributed by atoms with Crippen molar-refractivity contribution in [3.63, 3.8) is 0 Å². The molecule has 0 radical (unpaired) electrons. The Bertz CT molecular complexity index is 1240. The van der Waals surface area contributed by atoms with Crippen molar-refractivity contribution >= 4 is 17.6 Å². The predicted octanol–water partition coefficient (Wildman–Crippen LogP) is 3.23. The van der Waals surface area contributed by atoms with Gasteiger partial charge in [-0.05, 0) is 54.0 Å². The largest absolute Gasteiger partial charge is 0.490 e. The normalized spacial score (nSPS) is 12.6. The summed E-state index contributed by atoms with van der Waals surface area (Å²) in [6.45, 7) is 2.68. The molecule has 10 nitrogen and oxygen atoms in total. The number of benzene rings is 2. The SMILES string of the molecule is COCCOc1ccc(-c2nc(N3CCc4cc(CN(C)CCC(=O)O)ccc43)no2)cc1C#N. The number of fused-ring (bicyclic) bond motifs is 1. The van der Waals surface area contributed by atoms with Crippen molar-refractivity contribution in [2.75, 3.05) is 45.4 Å². The second-order valence-electron chi connectivity index (χ2n) is 8.31. The molecule has 4 rings (SSSR count). The number of rotatable bonds is 11. The third-order valence-corrected chi connectivity index (χ3v) is 5.75. The average molecular weight is 478 g/mol. The van der Waals surface area contributed by atoms with Gasteiger partial charge in [0.25, 0.3) is 11.8 Å². The predicted molar refractivity (Wildman–Crippen MR) is 128 cm³/mol. The molecular formula is C25H27N5O5. The van der Waals surface area contributed by atoms with Crippen molar-refractivity contribution in [1.82, 2.24) is 15.0 Å². The fraction of sp³-hybridized carbons (Fsp3) is 0.360. The van der Waals surface area contributed by atoms with Crippen LogP contribution in [-0.2, 0) is 22.5 Å². The Morgan fingerprint density at radius 3 is 2.91 bits per heavy atom. The van der Waals surface area contributed by atoms with Crippen molar-refractivity contribution in [2.45, 2.75) is 19.4 Å². The van der Waals surface area contributed by atoms with Gasteiger partial charge in [0.05, 0.1) is 18.6 Å². The molecule has 10 heteroatoms. The third kappa shape index (κ3) is 5.77. The van der Waals surface area contributed by atoms with Crippen LogP contribution in [-0.4, -0.2) is 66.6 Å². The van der Waals surface area contributed by atoms with E-state index in [0.717, 1.165) is 24.2 Å². The summed E-state index contributed by atoms with van der Waals surface area (Å²) in [7, 11) is 3.51. The Morgan fingerprint density at radius 1 is 1.29 bits per heavy atom. The number of nitrogens with zero attached hydrogens (tertiary/aromatic N) is 5. The first kappa shape index (κ1) is 24.2. The number of anilines is 2. The smallest absolute Gasteiger partial charge is 0.304 e. The lowest BCUT2D eigenvalue weighted by Gasteiger charge is -2.17. The van der Waals surface area contributed by atoms with E-state index in [4.69, 9.17) is 19.1 Å². The van der Waals surface area contributed by atoms with E-state index in [-0.39, 0.29) is 6.42 Å². The maximum Gasteiger partial charge on any atom is 0.304 e. The van der Waals surface area contributed by atoms with Gasteiger partial charge in [0.15, 0.2) is 0 Å². The van der Waals surface area contributed by atoms with Gasteiger partial charge >= 0.3 is 5.97 Å². The molecule has 1 aliphatic heterocycles. The first-order chi connectivity index (χ1) is 17.0. The maximum absolute atomic E-state index is 10.8. The molecule has 2 heterocycles. The summed E-state index contributed by atoms with van der Waals surface area (Å²) in [6, 6.07) is 13.5. The molecule has 0 atom stereocenters. The Morgan fingerprint density at radius 2 is 2.14 bits per heavy atom. The van der Waals surface area contributed by atoms with Crippen molar-refractivity contribution in [1.29, 1.82) is 5.26 Å². The van der Waals surface area contributed by atoms with Crippen LogP contribution in [0.1, 0.15) is 23.1 Å². The van der Waals surface area contributed by atoms with Crippen molar-refractivity contribution < 1.29 is 23.9 Å². The fourth-order valence-corrected chi connectivity index (χ4v) is 3.99. The van der Waals surface area contributed by atoms with E-state index < -0.39 is 5.97 Å². The Labute approximate surface area is 203 Å². The topological polar surface area (TPSA) is 125 Å². The van der Waals surface area contributed by atoms with E-state index >= 15 is 0 Å². The summed E-state index contributed by atoms with van der Waals surface area (Å²) in [5.41, 5.74) is 4.35. The molecule has 0 unspecified atom stereocenters. The third-order valence-electron chi connectivity index (χ3n) is 5.75. The van der Waals surface area contributed by atoms with E-state index in [1.54, 1.807) is 25.3 Å². The summed E-state index contributed by atoms with van der Waals surface area (Å²) < 4.78 is 16.1. The number of hydrogen-bond donors (Lipinski definition) is 1. The lowest BCUT2D eigenvalue weighted by molar-refractivity contribution is -0.137. The number of carboxylic acids is 1. The molecule has 0 spiro atoms. The molecule has 0 saturated heterocycles. The lowest BCUT2D eigenvalue weighted by atomic mass is 10.1. The van der Waals surface area contributed by atoms with E-state index in [2.05, 4.69) is 22.3 Å². The molecular weight excluding hydrogens is 450 g/mol. The van der Waals surface area contributed by atoms with Crippen LogP contribution in [0, 0.1) is 11.3 Å². The van der Waals surface area contributed by atoms with Crippen LogP contribution < -0.4 is 9.64 Å². The van der Waals surface area contributed by atoms with Gasteiger partial charge < -0.3 is 28.9 Å². The first-order valence-corrected chi connectivity index (χ1v) is 11.3. The highest BCUT2D eigenvalue weighted by molar-refractivity contribution is 5.68. The van der Waals surface area contributed by atoms with Crippen molar-refractivity contribution in [3.8, 4) is 23.3 Å². The summed E-state index contributed by atoms with van der Waals surface area (Å²) in [5.74, 6) is 0.469. The van der Waals surface area contributed by atoms with Crippen molar-refractivity contribution in [3.05, 3.63) is 53.1 Å². The van der Waals surface area contributed by atoms with Gasteiger partial charge in [-0.1, -0.05) is 12.1 Å². The molecule has 2 aromatic carbocycles. The summed E-state index contributed by atoms with van der Waals surface area (Å²) in [6.07, 6.45) is 0.965. The van der Waals surface area contributed by atoms with E-state index in [9.17, 15) is 10.1 Å². The molecule has 1 aromatic heterocycles. The average Bonchev–Trinajstić information content (AvgIpc) is 3.50. The Hall–Kier alpha value is -3.94. The fourth-order valence-electron chi connectivity index (χ4n) is 3.99. The quantitative estimate of drug-likeness (QED) is 0.411. The van der Waals surface area contributed by atoms with Gasteiger partial charge in [-0.15, -0.1) is 0 Å². The van der Waals surface area contributed by atoms with Crippen LogP contribution in [0.2, 0.25) is 0 Å². The van der Waals surface area contributed by atoms with Gasteiger partial charge in [-0.3, -0.25) is 4.79 Å². The van der Waals surface area contributed by atoms with Crippen LogP contribution in [0.3, 0.4) is 0 Å². The zero-order valence-electron chi connectivity index (χ0n) is 19.7. The zero-order chi connectivity index (χ0) is 24.8. The molecule has 3 aromatic rings. The van der Waals surface area contributed by atoms with Crippen LogP contribution in [0.25, 0.3) is 11.5 Å². The summed E-state index contributed by atoms with van der Waals surface area (Å²) in [5, 5.41) is 22.5. The maximum atomic E-state index is 10.8. The van der Waals surface area contributed by atoms with E-state index in [0.29, 0.717) is 55.0 Å². The molecule has 0 fully saturated rings. The van der Waals surface area contributed by atoms with Gasteiger partial charge in [-0.2, -0.15) is 10.2 Å². The highest BCUT2D eigenvalue weighted by Gasteiger charge is 2.25. The number of methoxy groups -OCH3 is 1. The Balaban J connectivity index is 1.47. The van der Waals surface area contributed by atoms with Crippen LogP contribution >= 0.6 is 0 Å². The van der Waals surface area contributed by atoms with E-state index in [1.165, 1.54) is 5.56 Å². The molecule has 1 N–H and O–H groups in total. The molecule has 0 saturated carbocycles. The molecule has 0 bridgehead atoms. The van der Waals surface area contributed by atoms with Crippen molar-refractivity contribution in [2.24, 2.45) is 0 Å². The highest BCUT2D eigenvalue weighted by Crippen LogP contribution is 2.35. The molecule has 182 valence electrons. The number of hydrogen-bond acceptors (Lipinski definition) is 9. The van der Waals surface area contributed by atoms with Crippen LogP contribution in [0.15, 0.2) is 40.9 Å². The molecule has 35 heavy (non-hydrogen) atoms. The van der Waals surface area contributed by atoms with Crippen LogP contribution in [0.4, 0.5) is 11.6 Å². The number of ether oxygens (including phenoxy) is 2. The number of nitriles is 1. The lowest BCUT2D eigenvalue weighted by Crippen LogP contribution is -2.21. The first-order valence-electron chi connectivity index (χ1n) is 11.3. The van der Waals surface area contributed by atoms with Gasteiger partial charge in [0, 0.05) is 38.0 Å². The molecule has 0 aliphatic carbocycles. The number of aliphatic carboxylic acids is 1. The number of aromatic nitrogens is 2. The van der Waals surface area contributed by atoms with Gasteiger partial charge in [0.2, 0.25) is 0 Å². The highest BCUT2D eigenvalue weighted by atomic mass is 16.5. The summed E-state index contributed by atoms with van der Waals surface area (Å²) >= 11 is 0. The molecule has 1 aliphatic rings. The minimum Gasteiger partial charge on any atom is -0.490 e. The number of carbonyl (C=O) groups is 1. The standard InChI is InChI=1S/C25H27N5O5/c1-29(9-8-23(31)32)16-17-3-5-21-18(13-17)7-10-30(21)25-27-24(35-28-25)19-4-6-22(20(14-19)15-26)34-12-11-33-2/h3-6,13-14H,7-12,16H2,1-2H3,(H,31,32). The monoisotopic (exact) mass is 477 g/mol. The second kappa shape index (κ2) is 11.0. The Kier molecular flexibility index (Phi) is 7.60. The molecule has 0 amide bonds. The minimum absolute atomic E-state index is 0.120. The summed E-state index contributed by atoms with van der Waals surface area (Å²) in [4.78, 5) is 19.4. The van der Waals surface area contributed by atoms with Gasteiger partial charge in [-0.25, -0.2) is 0 Å². The minimum atomic E-state index is -0.795. The van der Waals surface area contributed by atoms with Crippen LogP contribution in [0.5, 0.6) is 5.75 Å². The zero-order valence-corrected chi connectivity index (χ0v) is 19.7. The van der Waals surface area contributed by atoms with Gasteiger partial charge in [0.1, 0.15) is 18.4 Å².